The van der Waals surface area contributed by atoms with Gasteiger partial charge in [0.25, 0.3) is 5.91 Å². The fraction of sp³-hybridized carbons (Fsp3) is 0.417. The lowest BCUT2D eigenvalue weighted by Crippen LogP contribution is -2.40. The van der Waals surface area contributed by atoms with E-state index in [4.69, 9.17) is 11.6 Å². The van der Waals surface area contributed by atoms with Crippen LogP contribution in [-0.2, 0) is 6.54 Å². The van der Waals surface area contributed by atoms with Crippen LogP contribution in [0.1, 0.15) is 53.5 Å². The first-order valence-corrected chi connectivity index (χ1v) is 12.1. The van der Waals surface area contributed by atoms with Gasteiger partial charge in [-0.25, -0.2) is 4.68 Å². The van der Waals surface area contributed by atoms with Crippen LogP contribution in [0, 0.1) is 5.92 Å². The molecule has 1 saturated heterocycles. The molecule has 3 aromatic rings. The quantitative estimate of drug-likeness (QED) is 0.521. The van der Waals surface area contributed by atoms with Crippen molar-refractivity contribution >= 4 is 28.8 Å². The molecule has 0 aliphatic carbocycles. The Bertz CT molecular complexity index is 1010. The maximum absolute atomic E-state index is 13.1. The van der Waals surface area contributed by atoms with Crippen molar-refractivity contribution in [1.29, 1.82) is 0 Å². The third kappa shape index (κ3) is 5.37. The number of rotatable bonds is 7. The highest BCUT2D eigenvalue weighted by Gasteiger charge is 2.24. The summed E-state index contributed by atoms with van der Waals surface area (Å²) in [6.45, 7) is 8.02. The van der Waals surface area contributed by atoms with Crippen LogP contribution in [0.5, 0.6) is 0 Å². The van der Waals surface area contributed by atoms with Gasteiger partial charge in [0.2, 0.25) is 0 Å². The third-order valence-electron chi connectivity index (χ3n) is 5.76. The van der Waals surface area contributed by atoms with Crippen molar-refractivity contribution in [3.05, 3.63) is 69.1 Å². The topological polar surface area (TPSA) is 50.2 Å². The number of carbonyl (C=O) groups excluding carboxylic acids is 1. The molecule has 0 spiro atoms. The summed E-state index contributed by atoms with van der Waals surface area (Å²) < 4.78 is 1.83. The second-order valence-electron chi connectivity index (χ2n) is 8.52. The Morgan fingerprint density at radius 2 is 2.19 bits per heavy atom. The summed E-state index contributed by atoms with van der Waals surface area (Å²) in [4.78, 5) is 17.0. The zero-order chi connectivity index (χ0) is 21.8. The van der Waals surface area contributed by atoms with E-state index in [9.17, 15) is 4.79 Å². The van der Waals surface area contributed by atoms with E-state index in [1.54, 1.807) is 6.20 Å². The lowest BCUT2D eigenvalue weighted by molar-refractivity contribution is 0.0929. The number of nitrogens with one attached hydrogen (secondary N) is 1. The van der Waals surface area contributed by atoms with Gasteiger partial charge in [-0.1, -0.05) is 37.6 Å². The van der Waals surface area contributed by atoms with Crippen molar-refractivity contribution < 1.29 is 4.79 Å². The first-order chi connectivity index (χ1) is 15.0. The molecule has 1 aliphatic rings. The summed E-state index contributed by atoms with van der Waals surface area (Å²) in [5.41, 5.74) is 2.41. The van der Waals surface area contributed by atoms with Crippen molar-refractivity contribution in [1.82, 2.24) is 20.0 Å². The van der Waals surface area contributed by atoms with Gasteiger partial charge >= 0.3 is 0 Å². The summed E-state index contributed by atoms with van der Waals surface area (Å²) in [6.07, 6.45) is 4.01. The molecule has 1 amide bonds. The van der Waals surface area contributed by atoms with Crippen LogP contribution < -0.4 is 5.32 Å². The van der Waals surface area contributed by atoms with Crippen LogP contribution in [0.15, 0.2) is 48.0 Å². The summed E-state index contributed by atoms with van der Waals surface area (Å²) in [7, 11) is 0. The van der Waals surface area contributed by atoms with Crippen LogP contribution in [0.4, 0.5) is 0 Å². The minimum Gasteiger partial charge on any atom is -0.352 e. The average Bonchev–Trinajstić information content (AvgIpc) is 3.42. The number of halogens is 1. The maximum atomic E-state index is 13.1. The highest BCUT2D eigenvalue weighted by Crippen LogP contribution is 2.25. The molecule has 2 aromatic heterocycles. The van der Waals surface area contributed by atoms with E-state index < -0.39 is 0 Å². The highest BCUT2D eigenvalue weighted by molar-refractivity contribution is 7.09. The van der Waals surface area contributed by atoms with Gasteiger partial charge in [-0.3, -0.25) is 9.69 Å². The Labute approximate surface area is 193 Å². The highest BCUT2D eigenvalue weighted by atomic mass is 35.5. The largest absolute Gasteiger partial charge is 0.352 e. The fourth-order valence-corrected chi connectivity index (χ4v) is 5.25. The number of hydrogen-bond donors (Lipinski definition) is 1. The molecule has 3 heterocycles. The molecule has 0 saturated carbocycles. The van der Waals surface area contributed by atoms with E-state index in [1.165, 1.54) is 11.3 Å². The zero-order valence-electron chi connectivity index (χ0n) is 18.1. The Morgan fingerprint density at radius 1 is 1.32 bits per heavy atom. The molecule has 7 heteroatoms. The molecule has 1 aromatic carbocycles. The Hall–Kier alpha value is -2.15. The van der Waals surface area contributed by atoms with Crippen molar-refractivity contribution in [3.8, 4) is 5.69 Å². The lowest BCUT2D eigenvalue weighted by Gasteiger charge is -2.32. The Morgan fingerprint density at radius 3 is 2.94 bits per heavy atom. The summed E-state index contributed by atoms with van der Waals surface area (Å²) in [5.74, 6) is 0.577. The second kappa shape index (κ2) is 9.98. The Kier molecular flexibility index (Phi) is 7.10. The number of amides is 1. The van der Waals surface area contributed by atoms with Crippen molar-refractivity contribution in [2.24, 2.45) is 5.92 Å². The number of piperidine rings is 1. The van der Waals surface area contributed by atoms with Gasteiger partial charge in [0.15, 0.2) is 0 Å². The van der Waals surface area contributed by atoms with Crippen molar-refractivity contribution in [2.45, 2.75) is 39.2 Å². The molecule has 1 N–H and O–H groups in total. The number of benzene rings is 1. The van der Waals surface area contributed by atoms with Gasteiger partial charge in [0, 0.05) is 29.5 Å². The lowest BCUT2D eigenvalue weighted by atomic mass is 9.97. The van der Waals surface area contributed by atoms with E-state index in [2.05, 4.69) is 46.7 Å². The SMILES string of the molecule is CC(C)c1c(C(=O)NCC2CCCN(Cc3cccs3)C2)cnn1-c1cccc(Cl)c1. The van der Waals surface area contributed by atoms with Crippen LogP contribution in [-0.4, -0.2) is 40.2 Å². The maximum Gasteiger partial charge on any atom is 0.254 e. The number of hydrogen-bond acceptors (Lipinski definition) is 4. The normalized spacial score (nSPS) is 17.2. The molecule has 0 radical (unpaired) electrons. The van der Waals surface area contributed by atoms with E-state index in [1.807, 2.05) is 40.3 Å². The van der Waals surface area contributed by atoms with E-state index in [0.717, 1.165) is 37.4 Å². The van der Waals surface area contributed by atoms with Gasteiger partial charge in [0.05, 0.1) is 23.1 Å². The van der Waals surface area contributed by atoms with Crippen LogP contribution in [0.25, 0.3) is 5.69 Å². The van der Waals surface area contributed by atoms with Gasteiger partial charge in [-0.05, 0) is 60.9 Å². The first-order valence-electron chi connectivity index (χ1n) is 10.9. The number of likely N-dealkylation sites (tertiary alicyclic amines) is 1. The van der Waals surface area contributed by atoms with E-state index in [-0.39, 0.29) is 11.8 Å². The zero-order valence-corrected chi connectivity index (χ0v) is 19.6. The Balaban J connectivity index is 1.41. The molecular formula is C24H29ClN4OS. The van der Waals surface area contributed by atoms with Gasteiger partial charge in [0.1, 0.15) is 0 Å². The van der Waals surface area contributed by atoms with E-state index >= 15 is 0 Å². The molecule has 1 fully saturated rings. The molecule has 4 rings (SSSR count). The molecule has 31 heavy (non-hydrogen) atoms. The molecule has 1 atom stereocenters. The van der Waals surface area contributed by atoms with Crippen LogP contribution >= 0.6 is 22.9 Å². The fourth-order valence-electron chi connectivity index (χ4n) is 4.32. The molecular weight excluding hydrogens is 428 g/mol. The van der Waals surface area contributed by atoms with Crippen molar-refractivity contribution in [2.75, 3.05) is 19.6 Å². The van der Waals surface area contributed by atoms with E-state index in [0.29, 0.717) is 23.0 Å². The number of carbonyl (C=O) groups is 1. The number of aromatic nitrogens is 2. The van der Waals surface area contributed by atoms with Crippen LogP contribution in [0.3, 0.4) is 0 Å². The standard InChI is InChI=1S/C24H29ClN4OS/c1-17(2)23-22(14-27-29(23)20-8-3-7-19(25)12-20)24(30)26-13-18-6-4-10-28(15-18)16-21-9-5-11-31-21/h3,5,7-9,11-12,14,17-18H,4,6,10,13,15-16H2,1-2H3,(H,26,30). The molecule has 1 unspecified atom stereocenters. The number of nitrogens with zero attached hydrogens (tertiary/aromatic N) is 3. The first kappa shape index (κ1) is 22.1. The summed E-state index contributed by atoms with van der Waals surface area (Å²) >= 11 is 7.97. The summed E-state index contributed by atoms with van der Waals surface area (Å²) in [6, 6.07) is 11.9. The molecule has 5 nitrogen and oxygen atoms in total. The second-order valence-corrected chi connectivity index (χ2v) is 9.99. The predicted octanol–water partition coefficient (Wildman–Crippen LogP) is 5.35. The molecule has 164 valence electrons. The average molecular weight is 457 g/mol. The van der Waals surface area contributed by atoms with Gasteiger partial charge in [-0.2, -0.15) is 5.10 Å². The number of thiophene rings is 1. The van der Waals surface area contributed by atoms with Crippen molar-refractivity contribution in [3.63, 3.8) is 0 Å². The van der Waals surface area contributed by atoms with Gasteiger partial charge in [-0.15, -0.1) is 11.3 Å². The molecule has 0 bridgehead atoms. The summed E-state index contributed by atoms with van der Waals surface area (Å²) in [5, 5.41) is 10.5. The third-order valence-corrected chi connectivity index (χ3v) is 6.86. The van der Waals surface area contributed by atoms with Gasteiger partial charge < -0.3 is 5.32 Å². The minimum absolute atomic E-state index is 0.0487. The predicted molar refractivity (Wildman–Crippen MR) is 127 cm³/mol. The smallest absolute Gasteiger partial charge is 0.254 e. The minimum atomic E-state index is -0.0487. The monoisotopic (exact) mass is 456 g/mol. The van der Waals surface area contributed by atoms with Crippen LogP contribution in [0.2, 0.25) is 5.02 Å². The molecule has 1 aliphatic heterocycles.